The van der Waals surface area contributed by atoms with Crippen molar-refractivity contribution in [1.82, 2.24) is 9.88 Å². The first-order valence-corrected chi connectivity index (χ1v) is 5.72. The summed E-state index contributed by atoms with van der Waals surface area (Å²) in [6.07, 6.45) is 3.08. The molecule has 0 aliphatic carbocycles. The van der Waals surface area contributed by atoms with E-state index >= 15 is 0 Å². The molecule has 2 rings (SSSR count). The number of aromatic hydroxyl groups is 1. The van der Waals surface area contributed by atoms with Gasteiger partial charge in [-0.05, 0) is 44.6 Å². The van der Waals surface area contributed by atoms with E-state index in [-0.39, 0.29) is 42.1 Å². The summed E-state index contributed by atoms with van der Waals surface area (Å²) in [6, 6.07) is 5.71. The van der Waals surface area contributed by atoms with Crippen molar-refractivity contribution in [3.8, 4) is 5.75 Å². The maximum Gasteiger partial charge on any atom is 0.125 e. The minimum Gasteiger partial charge on any atom is -0.507 e. The Balaban J connectivity index is 0.00000144. The third kappa shape index (κ3) is 3.47. The fourth-order valence-corrected chi connectivity index (χ4v) is 2.13. The van der Waals surface area contributed by atoms with Crippen molar-refractivity contribution in [2.45, 2.75) is 19.9 Å². The number of benzene rings is 1. The van der Waals surface area contributed by atoms with E-state index < -0.39 is 0 Å². The molecule has 0 amide bonds. The first-order chi connectivity index (χ1) is 7.77. The van der Waals surface area contributed by atoms with E-state index in [1.807, 2.05) is 13.1 Å². The first kappa shape index (κ1) is 17.9. The summed E-state index contributed by atoms with van der Waals surface area (Å²) in [5.41, 5.74) is 2.33. The van der Waals surface area contributed by atoms with E-state index in [4.69, 9.17) is 0 Å². The number of fused-ring (bicyclic) bond motifs is 1. The fraction of sp³-hybridized carbons (Fsp3) is 0.385. The van der Waals surface area contributed by atoms with Crippen molar-refractivity contribution in [2.75, 3.05) is 13.6 Å². The molecule has 0 saturated carbocycles. The van der Waals surface area contributed by atoms with Crippen molar-refractivity contribution in [3.63, 3.8) is 0 Å². The zero-order valence-electron chi connectivity index (χ0n) is 10.6. The van der Waals surface area contributed by atoms with Crippen molar-refractivity contribution in [2.24, 2.45) is 0 Å². The predicted octanol–water partition coefficient (Wildman–Crippen LogP) is 2.12. The van der Waals surface area contributed by atoms with Crippen LogP contribution in [-0.2, 0) is 55.1 Å². The number of aromatic nitrogens is 1. The Morgan fingerprint density at radius 2 is 2.00 bits per heavy atom. The number of rotatable bonds is 4. The average molecular weight is 586 g/mol. The maximum atomic E-state index is 9.93. The molecule has 0 fully saturated rings. The Morgan fingerprint density at radius 3 is 2.61 bits per heavy atom. The van der Waals surface area contributed by atoms with Crippen molar-refractivity contribution < 1.29 is 47.2 Å². The summed E-state index contributed by atoms with van der Waals surface area (Å²) in [5, 5.41) is 14.1. The van der Waals surface area contributed by atoms with Gasteiger partial charge in [0, 0.05) is 60.3 Å². The molecule has 0 bridgehead atoms. The Hall–Kier alpha value is -0.103. The second-order valence-corrected chi connectivity index (χ2v) is 3.97. The van der Waals surface area contributed by atoms with Crippen molar-refractivity contribution >= 4 is 10.9 Å². The molecule has 0 aliphatic heterocycles. The van der Waals surface area contributed by atoms with Crippen LogP contribution in [0.4, 0.5) is 0 Å². The van der Waals surface area contributed by atoms with E-state index in [9.17, 15) is 5.11 Å². The molecule has 18 heavy (non-hydrogen) atoms. The van der Waals surface area contributed by atoms with Crippen LogP contribution in [-0.4, -0.2) is 23.3 Å². The smallest absolute Gasteiger partial charge is 0.125 e. The molecule has 1 aromatic carbocycles. The van der Waals surface area contributed by atoms with Crippen LogP contribution in [0.5, 0.6) is 5.75 Å². The van der Waals surface area contributed by atoms with Gasteiger partial charge in [0.1, 0.15) is 5.75 Å². The van der Waals surface area contributed by atoms with Gasteiger partial charge in [0.25, 0.3) is 0 Å². The van der Waals surface area contributed by atoms with Crippen molar-refractivity contribution in [3.05, 3.63) is 30.0 Å². The van der Waals surface area contributed by atoms with Gasteiger partial charge in [0.2, 0.25) is 0 Å². The molecule has 0 radical (unpaired) electrons. The summed E-state index contributed by atoms with van der Waals surface area (Å²) in [4.78, 5) is 0. The molecule has 0 spiro atoms. The normalized spacial score (nSPS) is 9.89. The van der Waals surface area contributed by atoms with Gasteiger partial charge in [0.15, 0.2) is 0 Å². The van der Waals surface area contributed by atoms with Crippen LogP contribution in [0, 0.1) is 0 Å². The van der Waals surface area contributed by atoms with Crippen LogP contribution in [0.3, 0.4) is 0 Å². The Kier molecular flexibility index (Phi) is 8.10. The molecular formula is C13H18N2OW2. The largest absolute Gasteiger partial charge is 0.507 e. The van der Waals surface area contributed by atoms with Gasteiger partial charge in [-0.1, -0.05) is 6.07 Å². The third-order valence-corrected chi connectivity index (χ3v) is 2.95. The van der Waals surface area contributed by atoms with Crippen LogP contribution < -0.4 is 5.32 Å². The molecule has 0 unspecified atom stereocenters. The summed E-state index contributed by atoms with van der Waals surface area (Å²) in [6.45, 7) is 3.97. The molecule has 5 heteroatoms. The molecule has 0 aliphatic rings. The van der Waals surface area contributed by atoms with Crippen LogP contribution in [0.2, 0.25) is 0 Å². The summed E-state index contributed by atoms with van der Waals surface area (Å²) < 4.78 is 2.18. The molecule has 0 saturated heterocycles. The minimum absolute atomic E-state index is 0. The SMILES string of the molecule is CCn1cc(CCNC)c2c(O)cccc21.[W].[W]. The first-order valence-electron chi connectivity index (χ1n) is 5.72. The molecular weight excluding hydrogens is 568 g/mol. The second-order valence-electron chi connectivity index (χ2n) is 3.97. The zero-order chi connectivity index (χ0) is 11.5. The van der Waals surface area contributed by atoms with Crippen molar-refractivity contribution in [1.29, 1.82) is 0 Å². The average Bonchev–Trinajstić information content (AvgIpc) is 2.66. The summed E-state index contributed by atoms with van der Waals surface area (Å²) >= 11 is 0. The molecule has 3 nitrogen and oxygen atoms in total. The molecule has 1 heterocycles. The van der Waals surface area contributed by atoms with Gasteiger partial charge in [-0.15, -0.1) is 0 Å². The van der Waals surface area contributed by atoms with Gasteiger partial charge >= 0.3 is 0 Å². The van der Waals surface area contributed by atoms with E-state index in [0.717, 1.165) is 30.4 Å². The summed E-state index contributed by atoms with van der Waals surface area (Å²) in [7, 11) is 1.94. The number of hydrogen-bond acceptors (Lipinski definition) is 2. The molecule has 2 aromatic rings. The molecule has 98 valence electrons. The Bertz CT molecular complexity index is 497. The topological polar surface area (TPSA) is 37.2 Å². The standard InChI is InChI=1S/C13H18N2O.2W/c1-3-15-9-10(7-8-14-2)13-11(15)5-4-6-12(13)16;;/h4-6,9,14,16H,3,7-8H2,1-2H3;;. The van der Waals surface area contributed by atoms with E-state index in [1.54, 1.807) is 6.07 Å². The molecule has 1 aromatic heterocycles. The van der Waals surface area contributed by atoms with Gasteiger partial charge in [-0.3, -0.25) is 0 Å². The third-order valence-electron chi connectivity index (χ3n) is 2.95. The predicted molar refractivity (Wildman–Crippen MR) is 66.9 cm³/mol. The van der Waals surface area contributed by atoms with Gasteiger partial charge < -0.3 is 15.0 Å². The Labute approximate surface area is 136 Å². The van der Waals surface area contributed by atoms with Gasteiger partial charge in [-0.2, -0.15) is 0 Å². The fourth-order valence-electron chi connectivity index (χ4n) is 2.13. The number of phenolic OH excluding ortho intramolecular Hbond substituents is 1. The van der Waals surface area contributed by atoms with E-state index in [1.165, 1.54) is 5.56 Å². The maximum absolute atomic E-state index is 9.93. The monoisotopic (exact) mass is 586 g/mol. The minimum atomic E-state index is 0. The molecule has 2 N–H and O–H groups in total. The van der Waals surface area contributed by atoms with Crippen LogP contribution >= 0.6 is 0 Å². The molecule has 0 atom stereocenters. The van der Waals surface area contributed by atoms with Gasteiger partial charge in [0.05, 0.1) is 5.52 Å². The quantitative estimate of drug-likeness (QED) is 0.577. The van der Waals surface area contributed by atoms with E-state index in [2.05, 4.69) is 29.1 Å². The van der Waals surface area contributed by atoms with Gasteiger partial charge in [-0.25, -0.2) is 0 Å². The number of hydrogen-bond donors (Lipinski definition) is 2. The number of nitrogens with zero attached hydrogens (tertiary/aromatic N) is 1. The second kappa shape index (κ2) is 8.14. The number of phenols is 1. The van der Waals surface area contributed by atoms with E-state index in [0.29, 0.717) is 5.75 Å². The van der Waals surface area contributed by atoms with Crippen LogP contribution in [0.25, 0.3) is 10.9 Å². The number of aryl methyl sites for hydroxylation is 1. The summed E-state index contributed by atoms with van der Waals surface area (Å²) in [5.74, 6) is 0.385. The zero-order valence-corrected chi connectivity index (χ0v) is 16.5. The Morgan fingerprint density at radius 1 is 1.28 bits per heavy atom. The number of nitrogens with one attached hydrogen (secondary N) is 1. The van der Waals surface area contributed by atoms with Crippen LogP contribution in [0.1, 0.15) is 12.5 Å². The number of likely N-dealkylation sites (N-methyl/N-ethyl adjacent to an activating group) is 1. The van der Waals surface area contributed by atoms with Crippen LogP contribution in [0.15, 0.2) is 24.4 Å².